The molecular weight excluding hydrogens is 428 g/mol. The van der Waals surface area contributed by atoms with E-state index in [-0.39, 0.29) is 17.2 Å². The van der Waals surface area contributed by atoms with Crippen molar-refractivity contribution in [3.63, 3.8) is 0 Å². The third-order valence-corrected chi connectivity index (χ3v) is 7.35. The van der Waals surface area contributed by atoms with E-state index in [1.54, 1.807) is 11.8 Å². The fourth-order valence-corrected chi connectivity index (χ4v) is 5.46. The first-order valence-electron chi connectivity index (χ1n) is 12.5. The quantitative estimate of drug-likeness (QED) is 0.309. The van der Waals surface area contributed by atoms with Gasteiger partial charge in [-0.15, -0.1) is 11.8 Å². The zero-order chi connectivity index (χ0) is 23.5. The number of benzene rings is 2. The van der Waals surface area contributed by atoms with Gasteiger partial charge >= 0.3 is 0 Å². The summed E-state index contributed by atoms with van der Waals surface area (Å²) in [4.78, 5) is 26.7. The van der Waals surface area contributed by atoms with Crippen LogP contribution in [0.15, 0.2) is 48.5 Å². The molecule has 0 aliphatic carbocycles. The van der Waals surface area contributed by atoms with Crippen molar-refractivity contribution in [3.8, 4) is 0 Å². The highest BCUT2D eigenvalue weighted by molar-refractivity contribution is 8.00. The molecule has 2 amide bonds. The number of nitrogens with one attached hydrogen (secondary N) is 1. The van der Waals surface area contributed by atoms with E-state index in [0.717, 1.165) is 35.3 Å². The van der Waals surface area contributed by atoms with Gasteiger partial charge in [0.25, 0.3) is 0 Å². The summed E-state index contributed by atoms with van der Waals surface area (Å²) in [5, 5.41) is 2.98. The van der Waals surface area contributed by atoms with Gasteiger partial charge in [0.15, 0.2) is 0 Å². The van der Waals surface area contributed by atoms with Gasteiger partial charge in [-0.05, 0) is 48.7 Å². The van der Waals surface area contributed by atoms with Crippen LogP contribution in [-0.4, -0.2) is 17.6 Å². The van der Waals surface area contributed by atoms with Gasteiger partial charge in [0.05, 0.1) is 5.75 Å². The van der Waals surface area contributed by atoms with Crippen LogP contribution in [0.4, 0.5) is 11.4 Å². The highest BCUT2D eigenvalue weighted by atomic mass is 32.2. The van der Waals surface area contributed by atoms with E-state index in [9.17, 15) is 9.59 Å². The molecule has 0 spiro atoms. The van der Waals surface area contributed by atoms with Crippen molar-refractivity contribution in [1.29, 1.82) is 0 Å². The molecule has 0 bridgehead atoms. The summed E-state index contributed by atoms with van der Waals surface area (Å²) in [6.07, 6.45) is 11.8. The average molecular weight is 467 g/mol. The van der Waals surface area contributed by atoms with Gasteiger partial charge in [-0.25, -0.2) is 0 Å². The summed E-state index contributed by atoms with van der Waals surface area (Å²) in [5.41, 5.74) is 3.97. The molecule has 1 heterocycles. The van der Waals surface area contributed by atoms with E-state index in [4.69, 9.17) is 0 Å². The molecule has 2 aromatic carbocycles. The Hall–Kier alpha value is -2.27. The van der Waals surface area contributed by atoms with Crippen LogP contribution in [0.5, 0.6) is 0 Å². The molecular formula is C28H38N2O2S. The van der Waals surface area contributed by atoms with Crippen LogP contribution in [0.3, 0.4) is 0 Å². The average Bonchev–Trinajstić information content (AvgIpc) is 3.20. The molecule has 1 aliphatic rings. The van der Waals surface area contributed by atoms with Gasteiger partial charge in [0.1, 0.15) is 5.37 Å². The Bertz CT molecular complexity index is 897. The lowest BCUT2D eigenvalue weighted by molar-refractivity contribution is -0.116. The number of unbranched alkanes of at least 4 members (excludes halogenated alkanes) is 8. The van der Waals surface area contributed by atoms with Crippen molar-refractivity contribution < 1.29 is 9.59 Å². The highest BCUT2D eigenvalue weighted by Crippen LogP contribution is 2.42. The lowest BCUT2D eigenvalue weighted by Gasteiger charge is -2.25. The van der Waals surface area contributed by atoms with Crippen LogP contribution in [0.2, 0.25) is 0 Å². The second-order valence-corrected chi connectivity index (χ2v) is 10.1. The fourth-order valence-electron chi connectivity index (χ4n) is 4.28. The maximum Gasteiger partial charge on any atom is 0.238 e. The van der Waals surface area contributed by atoms with E-state index < -0.39 is 0 Å². The summed E-state index contributed by atoms with van der Waals surface area (Å²) in [7, 11) is 0. The van der Waals surface area contributed by atoms with Gasteiger partial charge in [-0.2, -0.15) is 0 Å². The van der Waals surface area contributed by atoms with Gasteiger partial charge < -0.3 is 5.32 Å². The Labute approximate surface area is 203 Å². The maximum atomic E-state index is 12.6. The van der Waals surface area contributed by atoms with Crippen molar-refractivity contribution in [2.75, 3.05) is 16.0 Å². The molecule has 1 fully saturated rings. The van der Waals surface area contributed by atoms with Crippen molar-refractivity contribution in [2.45, 2.75) is 83.4 Å². The molecule has 3 rings (SSSR count). The molecule has 0 unspecified atom stereocenters. The fraction of sp³-hybridized carbons (Fsp3) is 0.500. The van der Waals surface area contributed by atoms with Crippen LogP contribution >= 0.6 is 11.8 Å². The monoisotopic (exact) mass is 466 g/mol. The number of anilines is 2. The first kappa shape index (κ1) is 25.4. The van der Waals surface area contributed by atoms with Gasteiger partial charge in [0, 0.05) is 17.8 Å². The van der Waals surface area contributed by atoms with Crippen LogP contribution in [0.25, 0.3) is 0 Å². The molecule has 33 heavy (non-hydrogen) atoms. The number of thioether (sulfide) groups is 1. The maximum absolute atomic E-state index is 12.6. The van der Waals surface area contributed by atoms with Crippen molar-refractivity contribution in [3.05, 3.63) is 59.7 Å². The van der Waals surface area contributed by atoms with Crippen LogP contribution in [0.1, 0.15) is 87.6 Å². The molecule has 1 aliphatic heterocycles. The Morgan fingerprint density at radius 2 is 1.64 bits per heavy atom. The SMILES string of the molecule is CCCCCCCCCCCC(=O)Nc1ccc([C@@H]2SCC(=O)N2c2cccc(C)c2)cc1. The second kappa shape index (κ2) is 13.4. The van der Waals surface area contributed by atoms with Gasteiger partial charge in [-0.1, -0.05) is 82.6 Å². The zero-order valence-electron chi connectivity index (χ0n) is 20.1. The molecule has 1 N–H and O–H groups in total. The molecule has 1 atom stereocenters. The molecule has 5 heteroatoms. The van der Waals surface area contributed by atoms with Crippen LogP contribution in [0, 0.1) is 6.92 Å². The van der Waals surface area contributed by atoms with E-state index >= 15 is 0 Å². The standard InChI is InChI=1S/C28H38N2O2S/c1-3-4-5-6-7-8-9-10-11-15-26(31)29-24-18-16-23(17-19-24)28-30(27(32)21-33-28)25-14-12-13-22(2)20-25/h12-14,16-20,28H,3-11,15,21H2,1-2H3,(H,29,31)/t28-/m0/s1. The summed E-state index contributed by atoms with van der Waals surface area (Å²) in [5.74, 6) is 0.696. The Balaban J connectivity index is 1.43. The minimum atomic E-state index is -0.0361. The molecule has 4 nitrogen and oxygen atoms in total. The highest BCUT2D eigenvalue weighted by Gasteiger charge is 2.34. The van der Waals surface area contributed by atoms with Gasteiger partial charge in [-0.3, -0.25) is 14.5 Å². The van der Waals surface area contributed by atoms with E-state index in [1.807, 2.05) is 54.3 Å². The predicted octanol–water partition coefficient (Wildman–Crippen LogP) is 7.63. The first-order chi connectivity index (χ1) is 16.1. The number of amides is 2. The summed E-state index contributed by atoms with van der Waals surface area (Å²) in [6, 6.07) is 16.0. The van der Waals surface area contributed by atoms with Gasteiger partial charge in [0.2, 0.25) is 11.8 Å². The van der Waals surface area contributed by atoms with Crippen molar-refractivity contribution in [2.24, 2.45) is 0 Å². The molecule has 1 saturated heterocycles. The third kappa shape index (κ3) is 7.92. The van der Waals surface area contributed by atoms with Crippen LogP contribution in [-0.2, 0) is 9.59 Å². The van der Waals surface area contributed by atoms with Crippen molar-refractivity contribution >= 4 is 35.0 Å². The first-order valence-corrected chi connectivity index (χ1v) is 13.5. The number of hydrogen-bond donors (Lipinski definition) is 1. The molecule has 0 radical (unpaired) electrons. The number of carbonyl (C=O) groups excluding carboxylic acids is 2. The van der Waals surface area contributed by atoms with Crippen molar-refractivity contribution in [1.82, 2.24) is 0 Å². The van der Waals surface area contributed by atoms with E-state index in [0.29, 0.717) is 12.2 Å². The summed E-state index contributed by atoms with van der Waals surface area (Å²) < 4.78 is 0. The second-order valence-electron chi connectivity index (χ2n) is 9.01. The molecule has 2 aromatic rings. The smallest absolute Gasteiger partial charge is 0.238 e. The minimum absolute atomic E-state index is 0.0361. The topological polar surface area (TPSA) is 49.4 Å². The number of aryl methyl sites for hydroxylation is 1. The number of nitrogens with zero attached hydrogens (tertiary/aromatic N) is 1. The molecule has 178 valence electrons. The van der Waals surface area contributed by atoms with E-state index in [1.165, 1.54) is 44.9 Å². The summed E-state index contributed by atoms with van der Waals surface area (Å²) >= 11 is 1.64. The Kier molecular flexibility index (Phi) is 10.3. The zero-order valence-corrected chi connectivity index (χ0v) is 21.0. The lowest BCUT2D eigenvalue weighted by Crippen LogP contribution is -2.27. The number of hydrogen-bond acceptors (Lipinski definition) is 3. The Morgan fingerprint density at radius 1 is 0.970 bits per heavy atom. The number of rotatable bonds is 13. The number of carbonyl (C=O) groups is 2. The Morgan fingerprint density at radius 3 is 2.30 bits per heavy atom. The third-order valence-electron chi connectivity index (χ3n) is 6.13. The largest absolute Gasteiger partial charge is 0.326 e. The molecule has 0 saturated carbocycles. The van der Waals surface area contributed by atoms with Crippen LogP contribution < -0.4 is 10.2 Å². The lowest BCUT2D eigenvalue weighted by atomic mass is 10.1. The normalized spacial score (nSPS) is 15.8. The van der Waals surface area contributed by atoms with E-state index in [2.05, 4.69) is 18.3 Å². The predicted molar refractivity (Wildman–Crippen MR) is 141 cm³/mol. The summed E-state index contributed by atoms with van der Waals surface area (Å²) in [6.45, 7) is 4.29. The minimum Gasteiger partial charge on any atom is -0.326 e. The molecule has 0 aromatic heterocycles.